The average Bonchev–Trinajstić information content (AvgIpc) is 3.22. The number of sulfone groups is 1. The number of guanidine groups is 1. The Morgan fingerprint density at radius 1 is 1.36 bits per heavy atom. The molecule has 0 aromatic heterocycles. The molecule has 22 heavy (non-hydrogen) atoms. The molecule has 0 aromatic rings. The number of carbonyl (C=O) groups is 1. The highest BCUT2D eigenvalue weighted by Crippen LogP contribution is 2.23. The highest BCUT2D eigenvalue weighted by Gasteiger charge is 2.41. The predicted molar refractivity (Wildman–Crippen MR) is 86.6 cm³/mol. The summed E-state index contributed by atoms with van der Waals surface area (Å²) in [7, 11) is -3.09. The summed E-state index contributed by atoms with van der Waals surface area (Å²) in [5.41, 5.74) is 0. The Bertz CT molecular complexity index is 552. The molecule has 0 spiro atoms. The van der Waals surface area contributed by atoms with Crippen LogP contribution in [-0.4, -0.2) is 67.9 Å². The SMILES string of the molecule is CCNC(=NCC(=O)NC1CC1)N1CCS(=O)(=O)C(C)(C)C1. The van der Waals surface area contributed by atoms with Crippen LogP contribution in [0, 0.1) is 0 Å². The second-order valence-corrected chi connectivity index (χ2v) is 9.25. The maximum atomic E-state index is 12.1. The van der Waals surface area contributed by atoms with Gasteiger partial charge in [0, 0.05) is 25.7 Å². The van der Waals surface area contributed by atoms with Crippen molar-refractivity contribution in [2.45, 2.75) is 44.4 Å². The minimum Gasteiger partial charge on any atom is -0.357 e. The normalized spacial score (nSPS) is 24.0. The van der Waals surface area contributed by atoms with E-state index in [4.69, 9.17) is 0 Å². The Kier molecular flexibility index (Phi) is 4.99. The van der Waals surface area contributed by atoms with Crippen LogP contribution in [0.4, 0.5) is 0 Å². The molecule has 2 fully saturated rings. The molecular formula is C14H26N4O3S. The van der Waals surface area contributed by atoms with Crippen LogP contribution in [0.5, 0.6) is 0 Å². The quantitative estimate of drug-likeness (QED) is 0.547. The molecule has 7 nitrogen and oxygen atoms in total. The Morgan fingerprint density at radius 2 is 2.05 bits per heavy atom. The molecular weight excluding hydrogens is 304 g/mol. The number of rotatable bonds is 4. The molecule has 2 N–H and O–H groups in total. The molecule has 0 bridgehead atoms. The molecule has 1 heterocycles. The Labute approximate surface area is 132 Å². The lowest BCUT2D eigenvalue weighted by atomic mass is 10.2. The maximum absolute atomic E-state index is 12.1. The van der Waals surface area contributed by atoms with E-state index < -0.39 is 14.6 Å². The van der Waals surface area contributed by atoms with Crippen LogP contribution in [0.3, 0.4) is 0 Å². The molecule has 126 valence electrons. The zero-order valence-corrected chi connectivity index (χ0v) is 14.4. The van der Waals surface area contributed by atoms with E-state index in [0.717, 1.165) is 12.8 Å². The van der Waals surface area contributed by atoms with Crippen molar-refractivity contribution in [3.8, 4) is 0 Å². The highest BCUT2D eigenvalue weighted by molar-refractivity contribution is 7.92. The molecule has 0 atom stereocenters. The molecule has 0 radical (unpaired) electrons. The van der Waals surface area contributed by atoms with Crippen molar-refractivity contribution in [2.24, 2.45) is 4.99 Å². The summed E-state index contributed by atoms with van der Waals surface area (Å²) in [6, 6.07) is 0.323. The Morgan fingerprint density at radius 3 is 2.59 bits per heavy atom. The summed E-state index contributed by atoms with van der Waals surface area (Å²) in [5, 5.41) is 6.04. The van der Waals surface area contributed by atoms with Crippen LogP contribution in [0.15, 0.2) is 4.99 Å². The number of nitrogens with zero attached hydrogens (tertiary/aromatic N) is 2. The van der Waals surface area contributed by atoms with E-state index in [2.05, 4.69) is 15.6 Å². The fourth-order valence-corrected chi connectivity index (χ4v) is 3.76. The third-order valence-electron chi connectivity index (χ3n) is 3.99. The van der Waals surface area contributed by atoms with E-state index >= 15 is 0 Å². The summed E-state index contributed by atoms with van der Waals surface area (Å²) in [4.78, 5) is 18.0. The van der Waals surface area contributed by atoms with Gasteiger partial charge in [-0.15, -0.1) is 0 Å². The number of carbonyl (C=O) groups excluding carboxylic acids is 1. The van der Waals surface area contributed by atoms with Crippen molar-refractivity contribution < 1.29 is 13.2 Å². The van der Waals surface area contributed by atoms with Crippen LogP contribution in [0.1, 0.15) is 33.6 Å². The van der Waals surface area contributed by atoms with Gasteiger partial charge in [-0.05, 0) is 33.6 Å². The van der Waals surface area contributed by atoms with Gasteiger partial charge in [0.1, 0.15) is 6.54 Å². The van der Waals surface area contributed by atoms with Gasteiger partial charge in [0.05, 0.1) is 10.5 Å². The van der Waals surface area contributed by atoms with E-state index in [1.807, 2.05) is 11.8 Å². The van der Waals surface area contributed by atoms with Gasteiger partial charge >= 0.3 is 0 Å². The fourth-order valence-electron chi connectivity index (χ4n) is 2.40. The summed E-state index contributed by atoms with van der Waals surface area (Å²) < 4.78 is 23.3. The Balaban J connectivity index is 2.02. The van der Waals surface area contributed by atoms with E-state index in [0.29, 0.717) is 31.6 Å². The number of hydrogen-bond donors (Lipinski definition) is 2. The van der Waals surface area contributed by atoms with Crippen LogP contribution < -0.4 is 10.6 Å². The molecule has 1 aliphatic carbocycles. The zero-order chi connectivity index (χ0) is 16.4. The molecule has 0 aromatic carbocycles. The van der Waals surface area contributed by atoms with Gasteiger partial charge in [-0.25, -0.2) is 13.4 Å². The molecule has 1 amide bonds. The summed E-state index contributed by atoms with van der Waals surface area (Å²) in [6.07, 6.45) is 2.10. The van der Waals surface area contributed by atoms with Crippen molar-refractivity contribution in [3.63, 3.8) is 0 Å². The highest BCUT2D eigenvalue weighted by atomic mass is 32.2. The first-order valence-corrected chi connectivity index (χ1v) is 9.45. The van der Waals surface area contributed by atoms with Crippen LogP contribution in [-0.2, 0) is 14.6 Å². The molecule has 1 saturated carbocycles. The first kappa shape index (κ1) is 17.1. The van der Waals surface area contributed by atoms with Crippen molar-refractivity contribution >= 4 is 21.7 Å². The van der Waals surface area contributed by atoms with E-state index in [1.54, 1.807) is 13.8 Å². The van der Waals surface area contributed by atoms with Crippen LogP contribution in [0.25, 0.3) is 0 Å². The summed E-state index contributed by atoms with van der Waals surface area (Å²) in [6.45, 7) is 6.95. The van der Waals surface area contributed by atoms with Gasteiger partial charge in [-0.2, -0.15) is 0 Å². The van der Waals surface area contributed by atoms with Crippen molar-refractivity contribution in [3.05, 3.63) is 0 Å². The largest absolute Gasteiger partial charge is 0.357 e. The first-order chi connectivity index (χ1) is 10.2. The van der Waals surface area contributed by atoms with E-state index in [1.165, 1.54) is 0 Å². The topological polar surface area (TPSA) is 90.9 Å². The minimum absolute atomic E-state index is 0.0719. The van der Waals surface area contributed by atoms with Gasteiger partial charge in [0.25, 0.3) is 0 Å². The molecule has 1 aliphatic heterocycles. The monoisotopic (exact) mass is 330 g/mol. The van der Waals surface area contributed by atoms with Crippen LogP contribution in [0.2, 0.25) is 0 Å². The lowest BCUT2D eigenvalue weighted by Crippen LogP contribution is -2.57. The van der Waals surface area contributed by atoms with Gasteiger partial charge in [-0.1, -0.05) is 0 Å². The molecule has 1 saturated heterocycles. The fraction of sp³-hybridized carbons (Fsp3) is 0.857. The summed E-state index contributed by atoms with van der Waals surface area (Å²) in [5.74, 6) is 0.636. The number of amides is 1. The third kappa shape index (κ3) is 4.12. The molecule has 2 rings (SSSR count). The predicted octanol–water partition coefficient (Wildman–Crippen LogP) is -0.260. The zero-order valence-electron chi connectivity index (χ0n) is 13.6. The molecule has 2 aliphatic rings. The van der Waals surface area contributed by atoms with Gasteiger partial charge in [0.15, 0.2) is 15.8 Å². The van der Waals surface area contributed by atoms with Gasteiger partial charge < -0.3 is 15.5 Å². The molecule has 8 heteroatoms. The van der Waals surface area contributed by atoms with Crippen molar-refractivity contribution in [1.29, 1.82) is 0 Å². The summed E-state index contributed by atoms with van der Waals surface area (Å²) >= 11 is 0. The number of aliphatic imine (C=N–C) groups is 1. The Hall–Kier alpha value is -1.31. The second kappa shape index (κ2) is 6.44. The standard InChI is InChI=1S/C14H26N4O3S/c1-4-15-13(16-9-12(19)17-11-5-6-11)18-7-8-22(20,21)14(2,3)10-18/h11H,4-10H2,1-3H3,(H,15,16)(H,17,19). The lowest BCUT2D eigenvalue weighted by molar-refractivity contribution is -0.119. The van der Waals surface area contributed by atoms with Gasteiger partial charge in [0.2, 0.25) is 5.91 Å². The first-order valence-electron chi connectivity index (χ1n) is 7.80. The van der Waals surface area contributed by atoms with E-state index in [9.17, 15) is 13.2 Å². The van der Waals surface area contributed by atoms with Crippen LogP contribution >= 0.6 is 0 Å². The second-order valence-electron chi connectivity index (χ2n) is 6.51. The van der Waals surface area contributed by atoms with Crippen molar-refractivity contribution in [2.75, 3.05) is 31.9 Å². The van der Waals surface area contributed by atoms with E-state index in [-0.39, 0.29) is 18.2 Å². The third-order valence-corrected chi connectivity index (χ3v) is 6.53. The van der Waals surface area contributed by atoms with Crippen molar-refractivity contribution in [1.82, 2.24) is 15.5 Å². The maximum Gasteiger partial charge on any atom is 0.242 e. The lowest BCUT2D eigenvalue weighted by Gasteiger charge is -2.39. The molecule has 0 unspecified atom stereocenters. The minimum atomic E-state index is -3.09. The number of hydrogen-bond acceptors (Lipinski definition) is 4. The van der Waals surface area contributed by atoms with Gasteiger partial charge in [-0.3, -0.25) is 4.79 Å². The average molecular weight is 330 g/mol. The smallest absolute Gasteiger partial charge is 0.242 e. The number of nitrogens with one attached hydrogen (secondary N) is 2.